The minimum Gasteiger partial charge on any atom is -0.410 e. The molecule has 0 atom stereocenters. The summed E-state index contributed by atoms with van der Waals surface area (Å²) in [5, 5.41) is 10.3. The number of carbonyl (C=O) groups is 2. The molecular formula is C16H11N3O3S2. The highest BCUT2D eigenvalue weighted by Gasteiger charge is 2.34. The number of amides is 2. The quantitative estimate of drug-likeness (QED) is 0.516. The van der Waals surface area contributed by atoms with Gasteiger partial charge in [0, 0.05) is 12.3 Å². The third-order valence-corrected chi connectivity index (χ3v) is 5.21. The number of nitrogens with zero attached hydrogens (tertiary/aromatic N) is 3. The molecule has 0 bridgehead atoms. The van der Waals surface area contributed by atoms with Crippen LogP contribution in [0, 0.1) is 0 Å². The smallest absolute Gasteiger partial charge is 0.276 e. The van der Waals surface area contributed by atoms with Crippen LogP contribution in [0.2, 0.25) is 0 Å². The molecule has 1 aliphatic heterocycles. The number of benzene rings is 1. The minimum absolute atomic E-state index is 0.249. The summed E-state index contributed by atoms with van der Waals surface area (Å²) < 4.78 is 5.57. The summed E-state index contributed by atoms with van der Waals surface area (Å²) in [5.41, 5.74) is 0.926. The molecule has 0 saturated heterocycles. The van der Waals surface area contributed by atoms with Gasteiger partial charge in [-0.1, -0.05) is 30.0 Å². The summed E-state index contributed by atoms with van der Waals surface area (Å²) in [5.74, 6) is 0.479. The second kappa shape index (κ2) is 6.21. The van der Waals surface area contributed by atoms with Crippen molar-refractivity contribution in [3.05, 3.63) is 52.9 Å². The molecule has 0 unspecified atom stereocenters. The van der Waals surface area contributed by atoms with Gasteiger partial charge in [-0.2, -0.15) is 0 Å². The highest BCUT2D eigenvalue weighted by Crippen LogP contribution is 2.27. The zero-order chi connectivity index (χ0) is 16.5. The van der Waals surface area contributed by atoms with Crippen LogP contribution in [0.15, 0.2) is 51.4 Å². The maximum atomic E-state index is 12.3. The number of hydrogen-bond donors (Lipinski definition) is 0. The fourth-order valence-electron chi connectivity index (χ4n) is 2.43. The van der Waals surface area contributed by atoms with E-state index >= 15 is 0 Å². The Morgan fingerprint density at radius 3 is 2.46 bits per heavy atom. The second-order valence-corrected chi connectivity index (χ2v) is 7.00. The molecule has 3 heterocycles. The van der Waals surface area contributed by atoms with Crippen molar-refractivity contribution < 1.29 is 14.0 Å². The van der Waals surface area contributed by atoms with E-state index in [1.165, 1.54) is 28.0 Å². The Hall–Kier alpha value is -2.45. The van der Waals surface area contributed by atoms with E-state index in [-0.39, 0.29) is 11.8 Å². The lowest BCUT2D eigenvalue weighted by atomic mass is 10.1. The van der Waals surface area contributed by atoms with Crippen molar-refractivity contribution in [1.29, 1.82) is 0 Å². The second-order valence-electron chi connectivity index (χ2n) is 5.01. The van der Waals surface area contributed by atoms with Crippen LogP contribution < -0.4 is 0 Å². The average Bonchev–Trinajstić information content (AvgIpc) is 3.32. The predicted octanol–water partition coefficient (Wildman–Crippen LogP) is 3.19. The van der Waals surface area contributed by atoms with Crippen LogP contribution in [0.25, 0.3) is 10.8 Å². The van der Waals surface area contributed by atoms with Crippen molar-refractivity contribution in [2.24, 2.45) is 0 Å². The maximum absolute atomic E-state index is 12.3. The van der Waals surface area contributed by atoms with Crippen molar-refractivity contribution in [3.8, 4) is 10.8 Å². The van der Waals surface area contributed by atoms with Crippen LogP contribution in [0.5, 0.6) is 0 Å². The Labute approximate surface area is 145 Å². The van der Waals surface area contributed by atoms with Gasteiger partial charge in [-0.05, 0) is 23.6 Å². The molecule has 0 N–H and O–H groups in total. The molecule has 0 aliphatic carbocycles. The number of imide groups is 1. The first kappa shape index (κ1) is 15.1. The summed E-state index contributed by atoms with van der Waals surface area (Å²) in [7, 11) is 0. The third-order valence-electron chi connectivity index (χ3n) is 3.56. The van der Waals surface area contributed by atoms with Crippen LogP contribution in [-0.2, 0) is 0 Å². The number of aromatic nitrogens is 2. The van der Waals surface area contributed by atoms with Gasteiger partial charge >= 0.3 is 0 Å². The first-order chi connectivity index (χ1) is 11.7. The first-order valence-corrected chi connectivity index (χ1v) is 9.06. The lowest BCUT2D eigenvalue weighted by molar-refractivity contribution is 0.0664. The Balaban J connectivity index is 1.39. The Kier molecular flexibility index (Phi) is 3.91. The van der Waals surface area contributed by atoms with Crippen molar-refractivity contribution in [1.82, 2.24) is 15.1 Å². The maximum Gasteiger partial charge on any atom is 0.276 e. The molecule has 6 nitrogen and oxygen atoms in total. The molecule has 1 aromatic carbocycles. The standard InChI is InChI=1S/C16H11N3O3S2/c20-14-10-4-1-2-5-11(10)15(21)19(14)7-9-24-16-18-17-13(22-16)12-6-3-8-23-12/h1-6,8H,7,9H2. The molecule has 8 heteroatoms. The topological polar surface area (TPSA) is 76.3 Å². The molecule has 0 radical (unpaired) electrons. The number of carbonyl (C=O) groups excluding carboxylic acids is 2. The number of hydrogen-bond acceptors (Lipinski definition) is 7. The summed E-state index contributed by atoms with van der Waals surface area (Å²) in [4.78, 5) is 26.7. The molecule has 4 rings (SSSR count). The lowest BCUT2D eigenvalue weighted by Gasteiger charge is -2.12. The third kappa shape index (κ3) is 2.63. The summed E-state index contributed by atoms with van der Waals surface area (Å²) >= 11 is 2.85. The van der Waals surface area contributed by atoms with Crippen LogP contribution in [0.1, 0.15) is 20.7 Å². The fourth-order valence-corrected chi connectivity index (χ4v) is 3.76. The number of thiophene rings is 1. The van der Waals surface area contributed by atoms with Crippen LogP contribution in [0.3, 0.4) is 0 Å². The first-order valence-electron chi connectivity index (χ1n) is 7.19. The van der Waals surface area contributed by atoms with Gasteiger partial charge in [0.05, 0.1) is 16.0 Å². The van der Waals surface area contributed by atoms with Crippen molar-refractivity contribution in [2.45, 2.75) is 5.22 Å². The van der Waals surface area contributed by atoms with E-state index in [4.69, 9.17) is 4.42 Å². The van der Waals surface area contributed by atoms with Gasteiger partial charge in [0.15, 0.2) is 0 Å². The molecule has 0 fully saturated rings. The summed E-state index contributed by atoms with van der Waals surface area (Å²) in [6.07, 6.45) is 0. The Morgan fingerprint density at radius 2 is 1.79 bits per heavy atom. The predicted molar refractivity (Wildman–Crippen MR) is 90.1 cm³/mol. The average molecular weight is 357 g/mol. The fraction of sp³-hybridized carbons (Fsp3) is 0.125. The molecule has 3 aromatic rings. The molecule has 2 amide bonds. The molecule has 120 valence electrons. The van der Waals surface area contributed by atoms with Crippen LogP contribution >= 0.6 is 23.1 Å². The van der Waals surface area contributed by atoms with Gasteiger partial charge in [-0.3, -0.25) is 14.5 Å². The molecule has 1 aliphatic rings. The van der Waals surface area contributed by atoms with Gasteiger partial charge < -0.3 is 4.42 Å². The normalized spacial score (nSPS) is 13.6. The zero-order valence-corrected chi connectivity index (χ0v) is 14.0. The van der Waals surface area contributed by atoms with Crippen LogP contribution in [-0.4, -0.2) is 39.2 Å². The SMILES string of the molecule is O=C1c2ccccc2C(=O)N1CCSc1nnc(-c2cccs2)o1. The van der Waals surface area contributed by atoms with Gasteiger partial charge in [0.2, 0.25) is 0 Å². The highest BCUT2D eigenvalue weighted by atomic mass is 32.2. The molecular weight excluding hydrogens is 346 g/mol. The molecule has 2 aromatic heterocycles. The monoisotopic (exact) mass is 357 g/mol. The van der Waals surface area contributed by atoms with Gasteiger partial charge in [0.25, 0.3) is 22.9 Å². The minimum atomic E-state index is -0.249. The highest BCUT2D eigenvalue weighted by molar-refractivity contribution is 7.99. The van der Waals surface area contributed by atoms with Gasteiger partial charge in [0.1, 0.15) is 0 Å². The van der Waals surface area contributed by atoms with Crippen molar-refractivity contribution >= 4 is 34.9 Å². The lowest BCUT2D eigenvalue weighted by Crippen LogP contribution is -2.31. The van der Waals surface area contributed by atoms with E-state index in [2.05, 4.69) is 10.2 Å². The zero-order valence-electron chi connectivity index (χ0n) is 12.3. The van der Waals surface area contributed by atoms with E-state index in [1.807, 2.05) is 17.5 Å². The van der Waals surface area contributed by atoms with Gasteiger partial charge in [-0.15, -0.1) is 21.5 Å². The van der Waals surface area contributed by atoms with Crippen LogP contribution in [0.4, 0.5) is 0 Å². The Bertz CT molecular complexity index is 870. The number of rotatable bonds is 5. The van der Waals surface area contributed by atoms with E-state index in [9.17, 15) is 9.59 Å². The number of fused-ring (bicyclic) bond motifs is 1. The van der Waals surface area contributed by atoms with Crippen molar-refractivity contribution in [2.75, 3.05) is 12.3 Å². The number of thioether (sulfide) groups is 1. The molecule has 0 saturated carbocycles. The van der Waals surface area contributed by atoms with Crippen molar-refractivity contribution in [3.63, 3.8) is 0 Å². The summed E-state index contributed by atoms with van der Waals surface area (Å²) in [6.45, 7) is 0.299. The summed E-state index contributed by atoms with van der Waals surface area (Å²) in [6, 6.07) is 10.7. The van der Waals surface area contributed by atoms with E-state index in [0.717, 1.165) is 4.88 Å². The molecule has 24 heavy (non-hydrogen) atoms. The van der Waals surface area contributed by atoms with E-state index in [0.29, 0.717) is 34.5 Å². The molecule has 0 spiro atoms. The van der Waals surface area contributed by atoms with E-state index < -0.39 is 0 Å². The largest absolute Gasteiger partial charge is 0.410 e. The Morgan fingerprint density at radius 1 is 1.04 bits per heavy atom. The van der Waals surface area contributed by atoms with Gasteiger partial charge in [-0.25, -0.2) is 0 Å². The van der Waals surface area contributed by atoms with E-state index in [1.54, 1.807) is 24.3 Å².